The molecule has 2 aromatic rings. The number of thiophene rings is 1. The first-order chi connectivity index (χ1) is 11.1. The van der Waals surface area contributed by atoms with Gasteiger partial charge in [0.1, 0.15) is 10.7 Å². The minimum Gasteiger partial charge on any atom is -0.302 e. The molecule has 1 aliphatic rings. The van der Waals surface area contributed by atoms with E-state index in [1.165, 1.54) is 29.7 Å². The lowest BCUT2D eigenvalue weighted by atomic mass is 9.97. The Labute approximate surface area is 142 Å². The molecule has 0 N–H and O–H groups in total. The average Bonchev–Trinajstić information content (AvgIpc) is 2.88. The van der Waals surface area contributed by atoms with Crippen LogP contribution in [0.25, 0.3) is 10.2 Å². The molecule has 0 unspecified atom stereocenters. The van der Waals surface area contributed by atoms with Crippen LogP contribution in [0.5, 0.6) is 0 Å². The molecule has 4 nitrogen and oxygen atoms in total. The summed E-state index contributed by atoms with van der Waals surface area (Å²) in [6, 6.07) is 0. The zero-order valence-corrected chi connectivity index (χ0v) is 15.3. The van der Waals surface area contributed by atoms with Crippen molar-refractivity contribution in [3.63, 3.8) is 0 Å². The van der Waals surface area contributed by atoms with Crippen LogP contribution in [-0.2, 0) is 25.9 Å². The van der Waals surface area contributed by atoms with Crippen molar-refractivity contribution in [3.8, 4) is 0 Å². The fourth-order valence-corrected chi connectivity index (χ4v) is 4.71. The zero-order valence-electron chi connectivity index (χ0n) is 14.5. The lowest BCUT2D eigenvalue weighted by Gasteiger charge is -2.16. The third-order valence-corrected chi connectivity index (χ3v) is 5.78. The van der Waals surface area contributed by atoms with Gasteiger partial charge in [-0.15, -0.1) is 11.3 Å². The molecule has 1 aliphatic carbocycles. The molecule has 0 bridgehead atoms. The second kappa shape index (κ2) is 7.14. The summed E-state index contributed by atoms with van der Waals surface area (Å²) in [6.07, 6.45) is 8.00. The first kappa shape index (κ1) is 16.7. The van der Waals surface area contributed by atoms with Gasteiger partial charge >= 0.3 is 0 Å². The Balaban J connectivity index is 2.11. The van der Waals surface area contributed by atoms with Crippen molar-refractivity contribution >= 4 is 21.6 Å². The van der Waals surface area contributed by atoms with Gasteiger partial charge in [0.2, 0.25) is 0 Å². The smallest absolute Gasteiger partial charge is 0.262 e. The van der Waals surface area contributed by atoms with E-state index in [2.05, 4.69) is 11.8 Å². The third-order valence-electron chi connectivity index (χ3n) is 4.60. The highest BCUT2D eigenvalue weighted by molar-refractivity contribution is 7.18. The van der Waals surface area contributed by atoms with Crippen molar-refractivity contribution < 1.29 is 0 Å². The molecule has 3 rings (SSSR count). The van der Waals surface area contributed by atoms with Crippen LogP contribution in [0.1, 0.15) is 55.3 Å². The van der Waals surface area contributed by atoms with Crippen molar-refractivity contribution in [2.75, 3.05) is 14.1 Å². The van der Waals surface area contributed by atoms with Crippen LogP contribution in [0.3, 0.4) is 0 Å². The van der Waals surface area contributed by atoms with Crippen molar-refractivity contribution in [1.82, 2.24) is 14.5 Å². The molecule has 0 aliphatic heterocycles. The number of nitrogens with zero attached hydrogens (tertiary/aromatic N) is 3. The Kier molecular flexibility index (Phi) is 5.17. The van der Waals surface area contributed by atoms with Gasteiger partial charge in [-0.25, -0.2) is 4.98 Å². The quantitative estimate of drug-likeness (QED) is 0.758. The van der Waals surface area contributed by atoms with Crippen LogP contribution in [-0.4, -0.2) is 28.5 Å². The molecule has 0 atom stereocenters. The van der Waals surface area contributed by atoms with Crippen LogP contribution in [0.15, 0.2) is 4.79 Å². The second-order valence-corrected chi connectivity index (χ2v) is 7.90. The minimum atomic E-state index is 0.197. The number of rotatable bonds is 6. The van der Waals surface area contributed by atoms with Crippen molar-refractivity contribution in [1.29, 1.82) is 0 Å². The van der Waals surface area contributed by atoms with E-state index in [9.17, 15) is 4.79 Å². The molecule has 0 aromatic carbocycles. The molecular formula is C18H27N3OS. The van der Waals surface area contributed by atoms with Gasteiger partial charge in [-0.05, 0) is 51.8 Å². The van der Waals surface area contributed by atoms with Gasteiger partial charge in [0.05, 0.1) is 11.9 Å². The Morgan fingerprint density at radius 2 is 2.00 bits per heavy atom. The summed E-state index contributed by atoms with van der Waals surface area (Å²) >= 11 is 1.75. The number of unbranched alkanes of at least 4 members (excludes halogenated alkanes) is 2. The van der Waals surface area contributed by atoms with Gasteiger partial charge in [0, 0.05) is 11.4 Å². The van der Waals surface area contributed by atoms with Gasteiger partial charge in [0.15, 0.2) is 0 Å². The first-order valence-corrected chi connectivity index (χ1v) is 9.62. The molecule has 2 heterocycles. The van der Waals surface area contributed by atoms with E-state index >= 15 is 0 Å². The number of aryl methyl sites for hydroxylation is 2. The number of fused-ring (bicyclic) bond motifs is 3. The Bertz CT molecular complexity index is 745. The molecule has 2 aromatic heterocycles. The van der Waals surface area contributed by atoms with Crippen LogP contribution in [0, 0.1) is 0 Å². The van der Waals surface area contributed by atoms with Crippen LogP contribution in [0.2, 0.25) is 0 Å². The predicted octanol–water partition coefficient (Wildman–Crippen LogP) is 3.59. The average molecular weight is 334 g/mol. The van der Waals surface area contributed by atoms with Crippen molar-refractivity contribution in [2.45, 2.75) is 65.0 Å². The van der Waals surface area contributed by atoms with Crippen LogP contribution in [0.4, 0.5) is 0 Å². The summed E-state index contributed by atoms with van der Waals surface area (Å²) < 4.78 is 1.94. The molecule has 0 saturated heterocycles. The molecule has 0 radical (unpaired) electrons. The molecule has 0 saturated carbocycles. The molecule has 0 spiro atoms. The normalized spacial score (nSPS) is 14.6. The van der Waals surface area contributed by atoms with Crippen LogP contribution < -0.4 is 5.56 Å². The Hall–Kier alpha value is -1.20. The van der Waals surface area contributed by atoms with Gasteiger partial charge in [-0.2, -0.15) is 0 Å². The van der Waals surface area contributed by atoms with Gasteiger partial charge in [-0.3, -0.25) is 9.36 Å². The van der Waals surface area contributed by atoms with Gasteiger partial charge < -0.3 is 4.90 Å². The van der Waals surface area contributed by atoms with E-state index < -0.39 is 0 Å². The molecule has 23 heavy (non-hydrogen) atoms. The fraction of sp³-hybridized carbons (Fsp3) is 0.667. The Morgan fingerprint density at radius 3 is 2.74 bits per heavy atom. The first-order valence-electron chi connectivity index (χ1n) is 8.80. The highest BCUT2D eigenvalue weighted by atomic mass is 32.1. The molecule has 5 heteroatoms. The van der Waals surface area contributed by atoms with Gasteiger partial charge in [-0.1, -0.05) is 19.8 Å². The lowest BCUT2D eigenvalue weighted by Crippen LogP contribution is -2.28. The van der Waals surface area contributed by atoms with E-state index in [1.807, 2.05) is 18.7 Å². The maximum atomic E-state index is 13.2. The minimum absolute atomic E-state index is 0.197. The SMILES string of the molecule is CCCCCn1c(CN(C)C)nc2sc3c(c2c1=O)CCCC3. The largest absolute Gasteiger partial charge is 0.302 e. The van der Waals surface area contributed by atoms with E-state index in [0.717, 1.165) is 54.8 Å². The number of hydrogen-bond acceptors (Lipinski definition) is 4. The topological polar surface area (TPSA) is 38.1 Å². The van der Waals surface area contributed by atoms with Crippen molar-refractivity contribution in [2.24, 2.45) is 0 Å². The van der Waals surface area contributed by atoms with Crippen molar-refractivity contribution in [3.05, 3.63) is 26.6 Å². The Morgan fingerprint density at radius 1 is 1.22 bits per heavy atom. The monoisotopic (exact) mass is 333 g/mol. The van der Waals surface area contributed by atoms with E-state index in [-0.39, 0.29) is 5.56 Å². The summed E-state index contributed by atoms with van der Waals surface area (Å²) in [5, 5.41) is 0.920. The van der Waals surface area contributed by atoms with Crippen LogP contribution >= 0.6 is 11.3 Å². The highest BCUT2D eigenvalue weighted by Crippen LogP contribution is 2.33. The number of aromatic nitrogens is 2. The fourth-order valence-electron chi connectivity index (χ4n) is 3.43. The summed E-state index contributed by atoms with van der Waals surface area (Å²) in [5.41, 5.74) is 1.50. The summed E-state index contributed by atoms with van der Waals surface area (Å²) in [4.78, 5) is 22.5. The summed E-state index contributed by atoms with van der Waals surface area (Å²) in [5.74, 6) is 0.919. The standard InChI is InChI=1S/C18H27N3OS/c1-4-5-8-11-21-15(12-20(2)3)19-17-16(18(21)22)13-9-6-7-10-14(13)23-17/h4-12H2,1-3H3. The van der Waals surface area contributed by atoms with Gasteiger partial charge in [0.25, 0.3) is 5.56 Å². The zero-order chi connectivity index (χ0) is 16.4. The summed E-state index contributed by atoms with van der Waals surface area (Å²) in [6.45, 7) is 3.71. The second-order valence-electron chi connectivity index (χ2n) is 6.82. The molecule has 0 amide bonds. The third kappa shape index (κ3) is 3.36. The molecule has 126 valence electrons. The van der Waals surface area contributed by atoms with E-state index in [4.69, 9.17) is 4.98 Å². The molecule has 0 fully saturated rings. The lowest BCUT2D eigenvalue weighted by molar-refractivity contribution is 0.374. The highest BCUT2D eigenvalue weighted by Gasteiger charge is 2.22. The molecular weight excluding hydrogens is 306 g/mol. The number of hydrogen-bond donors (Lipinski definition) is 0. The maximum Gasteiger partial charge on any atom is 0.262 e. The van der Waals surface area contributed by atoms with E-state index in [0.29, 0.717) is 0 Å². The maximum absolute atomic E-state index is 13.2. The summed E-state index contributed by atoms with van der Waals surface area (Å²) in [7, 11) is 4.07. The predicted molar refractivity (Wildman–Crippen MR) is 97.4 cm³/mol. The van der Waals surface area contributed by atoms with E-state index in [1.54, 1.807) is 11.3 Å².